The lowest BCUT2D eigenvalue weighted by Crippen LogP contribution is -2.51. The number of rotatable bonds is 9. The van der Waals surface area contributed by atoms with Crippen LogP contribution >= 0.6 is 0 Å². The third kappa shape index (κ3) is 5.06. The number of amides is 1. The van der Waals surface area contributed by atoms with Gasteiger partial charge in [-0.3, -0.25) is 4.79 Å². The number of nitrogens with one attached hydrogen (secondary N) is 1. The molecule has 2 heterocycles. The Kier molecular flexibility index (Phi) is 7.44. The average molecular weight is 488 g/mol. The zero-order valence-electron chi connectivity index (χ0n) is 19.3. The van der Waals surface area contributed by atoms with Gasteiger partial charge in [-0.25, -0.2) is 13.1 Å². The number of hydrogen-bond donors (Lipinski definition) is 1. The molecule has 0 radical (unpaired) electrons. The van der Waals surface area contributed by atoms with Crippen molar-refractivity contribution >= 4 is 27.0 Å². The molecule has 0 spiro atoms. The minimum atomic E-state index is -3.90. The number of nitrogens with zero attached hydrogens (tertiary/aromatic N) is 4. The standard InChI is InChI=1S/C23H29N5O5S/c1-32-13-12-27-21-10-9-19(15-20(21)25-26-27)34(30,31)28-11-4-3-8-22(28)23(29)24-16-17-6-5-7-18(14-17)33-2/h5-7,9-10,14-15,22H,3-4,8,11-13,16H2,1-2H3,(H,24,29)/t22-/m1/s1. The van der Waals surface area contributed by atoms with Crippen LogP contribution in [0.25, 0.3) is 11.0 Å². The van der Waals surface area contributed by atoms with Crippen LogP contribution in [0.1, 0.15) is 24.8 Å². The number of carbonyl (C=O) groups excluding carboxylic acids is 1. The highest BCUT2D eigenvalue weighted by molar-refractivity contribution is 7.89. The molecule has 0 bridgehead atoms. The lowest BCUT2D eigenvalue weighted by atomic mass is 10.0. The second-order valence-corrected chi connectivity index (χ2v) is 10.0. The van der Waals surface area contributed by atoms with Gasteiger partial charge in [-0.1, -0.05) is 23.8 Å². The maximum atomic E-state index is 13.5. The summed E-state index contributed by atoms with van der Waals surface area (Å²) < 4.78 is 40.4. The monoisotopic (exact) mass is 487 g/mol. The fourth-order valence-electron chi connectivity index (χ4n) is 4.13. The van der Waals surface area contributed by atoms with E-state index in [1.54, 1.807) is 31.0 Å². The largest absolute Gasteiger partial charge is 0.497 e. The van der Waals surface area contributed by atoms with Crippen molar-refractivity contribution in [2.75, 3.05) is 27.4 Å². The van der Waals surface area contributed by atoms with Crippen molar-refractivity contribution in [3.05, 3.63) is 48.0 Å². The first-order valence-electron chi connectivity index (χ1n) is 11.2. The SMILES string of the molecule is COCCn1nnc2cc(S(=O)(=O)N3CCCC[C@@H]3C(=O)NCc3cccc(OC)c3)ccc21. The zero-order chi connectivity index (χ0) is 24.1. The Morgan fingerprint density at radius 1 is 1.18 bits per heavy atom. The van der Waals surface area contributed by atoms with Crippen molar-refractivity contribution in [2.24, 2.45) is 0 Å². The maximum Gasteiger partial charge on any atom is 0.243 e. The molecule has 1 atom stereocenters. The number of aromatic nitrogens is 3. The molecule has 11 heteroatoms. The first-order valence-corrected chi connectivity index (χ1v) is 12.6. The number of benzene rings is 2. The zero-order valence-corrected chi connectivity index (χ0v) is 20.1. The number of ether oxygens (including phenoxy) is 2. The van der Waals surface area contributed by atoms with Crippen molar-refractivity contribution in [1.82, 2.24) is 24.6 Å². The maximum absolute atomic E-state index is 13.5. The first kappa shape index (κ1) is 24.1. The van der Waals surface area contributed by atoms with Crippen LogP contribution in [0.15, 0.2) is 47.4 Å². The Balaban J connectivity index is 1.52. The fourth-order valence-corrected chi connectivity index (χ4v) is 5.81. The lowest BCUT2D eigenvalue weighted by Gasteiger charge is -2.33. The molecule has 0 saturated carbocycles. The Hall–Kier alpha value is -3.02. The highest BCUT2D eigenvalue weighted by atomic mass is 32.2. The summed E-state index contributed by atoms with van der Waals surface area (Å²) in [6.45, 7) is 1.56. The third-order valence-electron chi connectivity index (χ3n) is 5.96. The highest BCUT2D eigenvalue weighted by Crippen LogP contribution is 2.27. The van der Waals surface area contributed by atoms with Crippen molar-refractivity contribution in [1.29, 1.82) is 0 Å². The van der Waals surface area contributed by atoms with Crippen LogP contribution in [0.3, 0.4) is 0 Å². The molecule has 1 aromatic heterocycles. The predicted octanol–water partition coefficient (Wildman–Crippen LogP) is 1.95. The molecule has 3 aromatic rings. The van der Waals surface area contributed by atoms with Crippen molar-refractivity contribution in [3.63, 3.8) is 0 Å². The number of piperidine rings is 1. The molecule has 1 aliphatic rings. The van der Waals surface area contributed by atoms with Crippen LogP contribution in [0.4, 0.5) is 0 Å². The van der Waals surface area contributed by atoms with Crippen LogP contribution in [0.2, 0.25) is 0 Å². The summed E-state index contributed by atoms with van der Waals surface area (Å²) in [4.78, 5) is 13.1. The average Bonchev–Trinajstić information content (AvgIpc) is 3.28. The molecule has 182 valence electrons. The Morgan fingerprint density at radius 3 is 2.82 bits per heavy atom. The molecule has 1 N–H and O–H groups in total. The second-order valence-electron chi connectivity index (χ2n) is 8.15. The Labute approximate surface area is 198 Å². The minimum Gasteiger partial charge on any atom is -0.497 e. The van der Waals surface area contributed by atoms with E-state index in [0.29, 0.717) is 37.3 Å². The van der Waals surface area contributed by atoms with E-state index in [-0.39, 0.29) is 23.9 Å². The van der Waals surface area contributed by atoms with Gasteiger partial charge < -0.3 is 14.8 Å². The summed E-state index contributed by atoms with van der Waals surface area (Å²) in [5.74, 6) is 0.390. The van der Waals surface area contributed by atoms with Gasteiger partial charge in [-0.15, -0.1) is 5.10 Å². The van der Waals surface area contributed by atoms with Gasteiger partial charge in [0.25, 0.3) is 0 Å². The molecular weight excluding hydrogens is 458 g/mol. The van der Waals surface area contributed by atoms with Crippen LogP contribution in [0, 0.1) is 0 Å². The van der Waals surface area contributed by atoms with E-state index in [1.807, 2.05) is 24.3 Å². The molecule has 1 aliphatic heterocycles. The summed E-state index contributed by atoms with van der Waals surface area (Å²) in [5, 5.41) is 11.1. The fraction of sp³-hybridized carbons (Fsp3) is 0.435. The molecule has 1 amide bonds. The lowest BCUT2D eigenvalue weighted by molar-refractivity contribution is -0.125. The van der Waals surface area contributed by atoms with Crippen molar-refractivity contribution < 1.29 is 22.7 Å². The van der Waals surface area contributed by atoms with Gasteiger partial charge >= 0.3 is 0 Å². The van der Waals surface area contributed by atoms with Crippen LogP contribution in [0.5, 0.6) is 5.75 Å². The van der Waals surface area contributed by atoms with E-state index in [0.717, 1.165) is 17.5 Å². The molecule has 4 rings (SSSR count). The molecule has 1 saturated heterocycles. The van der Waals surface area contributed by atoms with Crippen LogP contribution in [-0.4, -0.2) is 67.0 Å². The highest BCUT2D eigenvalue weighted by Gasteiger charge is 2.37. The number of methoxy groups -OCH3 is 2. The topological polar surface area (TPSA) is 116 Å². The van der Waals surface area contributed by atoms with E-state index in [1.165, 1.54) is 10.4 Å². The number of carbonyl (C=O) groups is 1. The molecule has 1 fully saturated rings. The van der Waals surface area contributed by atoms with Crippen molar-refractivity contribution in [2.45, 2.75) is 43.3 Å². The molecule has 0 aliphatic carbocycles. The molecule has 2 aromatic carbocycles. The summed E-state index contributed by atoms with van der Waals surface area (Å²) >= 11 is 0. The van der Waals surface area contributed by atoms with Gasteiger partial charge in [0.15, 0.2) is 0 Å². The molecular formula is C23H29N5O5S. The smallest absolute Gasteiger partial charge is 0.243 e. The third-order valence-corrected chi connectivity index (χ3v) is 7.86. The number of hydrogen-bond acceptors (Lipinski definition) is 7. The first-order chi connectivity index (χ1) is 16.4. The Morgan fingerprint density at radius 2 is 2.03 bits per heavy atom. The van der Waals surface area contributed by atoms with Gasteiger partial charge in [-0.2, -0.15) is 4.31 Å². The van der Waals surface area contributed by atoms with Gasteiger partial charge in [0.1, 0.15) is 17.3 Å². The van der Waals surface area contributed by atoms with Gasteiger partial charge in [-0.05, 0) is 48.7 Å². The quantitative estimate of drug-likeness (QED) is 0.490. The van der Waals surface area contributed by atoms with E-state index >= 15 is 0 Å². The molecule has 0 unspecified atom stereocenters. The van der Waals surface area contributed by atoms with E-state index in [2.05, 4.69) is 15.6 Å². The van der Waals surface area contributed by atoms with Gasteiger partial charge in [0.2, 0.25) is 15.9 Å². The molecule has 34 heavy (non-hydrogen) atoms. The van der Waals surface area contributed by atoms with Crippen molar-refractivity contribution in [3.8, 4) is 5.75 Å². The Bertz CT molecular complexity index is 1260. The summed E-state index contributed by atoms with van der Waals surface area (Å²) in [7, 11) is -0.712. The summed E-state index contributed by atoms with van der Waals surface area (Å²) in [5.41, 5.74) is 2.08. The van der Waals surface area contributed by atoms with Crippen LogP contribution in [-0.2, 0) is 32.6 Å². The van der Waals surface area contributed by atoms with E-state index in [9.17, 15) is 13.2 Å². The minimum absolute atomic E-state index is 0.103. The summed E-state index contributed by atoms with van der Waals surface area (Å²) in [6, 6.07) is 11.4. The number of fused-ring (bicyclic) bond motifs is 1. The van der Waals surface area contributed by atoms with E-state index in [4.69, 9.17) is 9.47 Å². The van der Waals surface area contributed by atoms with E-state index < -0.39 is 16.1 Å². The van der Waals surface area contributed by atoms with Gasteiger partial charge in [0, 0.05) is 20.2 Å². The molecule has 10 nitrogen and oxygen atoms in total. The second kappa shape index (κ2) is 10.5. The predicted molar refractivity (Wildman–Crippen MR) is 126 cm³/mol. The normalized spacial score (nSPS) is 17.1. The number of sulfonamides is 1. The van der Waals surface area contributed by atoms with Gasteiger partial charge in [0.05, 0.1) is 30.7 Å². The van der Waals surface area contributed by atoms with Crippen LogP contribution < -0.4 is 10.1 Å². The summed E-state index contributed by atoms with van der Waals surface area (Å²) in [6.07, 6.45) is 1.96.